The molecule has 0 atom stereocenters. The number of rotatable bonds is 8. The number of aromatic amines is 1. The molecule has 0 aliphatic carbocycles. The molecule has 1 aromatic heterocycles. The highest BCUT2D eigenvalue weighted by molar-refractivity contribution is 5.97. The average molecular weight is 347 g/mol. The standard InChI is InChI=1S/C17H22N4O4/c1-4-9-18-10-14(22)15-16(11(2)3)19-20(17(15)23)12-5-7-13(8-6-12)21(24)25/h5-8,11,18-19H,4,9-10H2,1-3H3/p+1. The van der Waals surface area contributed by atoms with Crippen molar-refractivity contribution < 1.29 is 15.0 Å². The van der Waals surface area contributed by atoms with Crippen molar-refractivity contribution in [3.8, 4) is 5.69 Å². The molecule has 2 rings (SSSR count). The normalized spacial score (nSPS) is 11.0. The Labute approximate surface area is 145 Å². The van der Waals surface area contributed by atoms with Crippen LogP contribution in [0.2, 0.25) is 0 Å². The van der Waals surface area contributed by atoms with E-state index in [1.54, 1.807) is 0 Å². The van der Waals surface area contributed by atoms with Crippen molar-refractivity contribution >= 4 is 11.5 Å². The zero-order chi connectivity index (χ0) is 18.6. The highest BCUT2D eigenvalue weighted by atomic mass is 16.6. The van der Waals surface area contributed by atoms with Crippen molar-refractivity contribution in [1.29, 1.82) is 0 Å². The van der Waals surface area contributed by atoms with E-state index in [9.17, 15) is 19.7 Å². The summed E-state index contributed by atoms with van der Waals surface area (Å²) in [6.45, 7) is 6.87. The Morgan fingerprint density at radius 2 is 1.96 bits per heavy atom. The van der Waals surface area contributed by atoms with Crippen LogP contribution in [0.15, 0.2) is 29.1 Å². The molecule has 0 radical (unpaired) electrons. The number of hydrogen-bond acceptors (Lipinski definition) is 4. The zero-order valence-electron chi connectivity index (χ0n) is 14.6. The van der Waals surface area contributed by atoms with Gasteiger partial charge in [-0.1, -0.05) is 20.8 Å². The van der Waals surface area contributed by atoms with E-state index in [1.165, 1.54) is 28.9 Å². The van der Waals surface area contributed by atoms with Crippen LogP contribution in [0.1, 0.15) is 49.2 Å². The SMILES string of the molecule is CCC[NH2+]CC(=O)c1c(C(C)C)[nH]n(-c2ccc([N+](=O)[O-])cc2)c1=O. The minimum atomic E-state index is -0.501. The van der Waals surface area contributed by atoms with Crippen molar-refractivity contribution in [3.05, 3.63) is 56.0 Å². The number of nitrogens with two attached hydrogens (primary N) is 1. The van der Waals surface area contributed by atoms with Crippen LogP contribution < -0.4 is 10.9 Å². The van der Waals surface area contributed by atoms with Gasteiger partial charge in [-0.25, -0.2) is 4.68 Å². The molecule has 1 aromatic carbocycles. The van der Waals surface area contributed by atoms with E-state index in [-0.39, 0.29) is 29.5 Å². The second kappa shape index (κ2) is 7.89. The number of benzene rings is 1. The lowest BCUT2D eigenvalue weighted by Crippen LogP contribution is -2.85. The van der Waals surface area contributed by atoms with Gasteiger partial charge in [-0.05, 0) is 24.5 Å². The fraction of sp³-hybridized carbons (Fsp3) is 0.412. The number of carbonyl (C=O) groups excluding carboxylic acids is 1. The van der Waals surface area contributed by atoms with Gasteiger partial charge < -0.3 is 5.32 Å². The van der Waals surface area contributed by atoms with Gasteiger partial charge in [0, 0.05) is 12.1 Å². The first-order valence-corrected chi connectivity index (χ1v) is 8.31. The van der Waals surface area contributed by atoms with Crippen molar-refractivity contribution in [1.82, 2.24) is 9.78 Å². The number of nitro groups is 1. The molecule has 0 unspecified atom stereocenters. The topological polar surface area (TPSA) is 115 Å². The Kier molecular flexibility index (Phi) is 5.87. The Morgan fingerprint density at radius 1 is 1.32 bits per heavy atom. The van der Waals surface area contributed by atoms with Crippen LogP contribution >= 0.6 is 0 Å². The second-order valence-corrected chi connectivity index (χ2v) is 6.17. The molecule has 0 spiro atoms. The molecular formula is C17H23N4O4+. The van der Waals surface area contributed by atoms with Crippen LogP contribution in [0.5, 0.6) is 0 Å². The van der Waals surface area contributed by atoms with Gasteiger partial charge in [-0.15, -0.1) is 0 Å². The summed E-state index contributed by atoms with van der Waals surface area (Å²) in [5.41, 5.74) is 0.721. The maximum absolute atomic E-state index is 12.8. The largest absolute Gasteiger partial charge is 0.340 e. The molecule has 25 heavy (non-hydrogen) atoms. The van der Waals surface area contributed by atoms with Crippen LogP contribution in [-0.2, 0) is 0 Å². The molecule has 0 fully saturated rings. The third kappa shape index (κ3) is 4.03. The minimum Gasteiger partial charge on any atom is -0.340 e. The average Bonchev–Trinajstić information content (AvgIpc) is 2.92. The zero-order valence-corrected chi connectivity index (χ0v) is 14.6. The molecule has 0 saturated carbocycles. The highest BCUT2D eigenvalue weighted by Crippen LogP contribution is 2.18. The van der Waals surface area contributed by atoms with Crippen LogP contribution in [-0.4, -0.2) is 33.6 Å². The minimum absolute atomic E-state index is 0.0304. The fourth-order valence-electron chi connectivity index (χ4n) is 2.59. The highest BCUT2D eigenvalue weighted by Gasteiger charge is 2.24. The first kappa shape index (κ1) is 18.6. The van der Waals surface area contributed by atoms with Gasteiger partial charge in [0.1, 0.15) is 12.1 Å². The van der Waals surface area contributed by atoms with Gasteiger partial charge in [0.2, 0.25) is 5.78 Å². The van der Waals surface area contributed by atoms with Crippen molar-refractivity contribution in [2.45, 2.75) is 33.1 Å². The predicted octanol–water partition coefficient (Wildman–Crippen LogP) is 1.35. The lowest BCUT2D eigenvalue weighted by atomic mass is 10.0. The lowest BCUT2D eigenvalue weighted by Gasteiger charge is -2.04. The molecule has 134 valence electrons. The molecule has 1 heterocycles. The quantitative estimate of drug-likeness (QED) is 0.325. The third-order valence-electron chi connectivity index (χ3n) is 3.92. The maximum atomic E-state index is 12.8. The first-order valence-electron chi connectivity index (χ1n) is 8.31. The number of carbonyl (C=O) groups is 1. The summed E-state index contributed by atoms with van der Waals surface area (Å²) in [6, 6.07) is 5.62. The number of H-pyrrole nitrogens is 1. The van der Waals surface area contributed by atoms with E-state index in [1.807, 2.05) is 26.1 Å². The number of Topliss-reactive ketones (excluding diaryl/α,β-unsaturated/α-hetero) is 1. The van der Waals surface area contributed by atoms with Crippen LogP contribution in [0.4, 0.5) is 5.69 Å². The Bertz CT molecular complexity index is 818. The third-order valence-corrected chi connectivity index (χ3v) is 3.92. The Balaban J connectivity index is 2.43. The molecule has 0 saturated heterocycles. The van der Waals surface area contributed by atoms with Gasteiger partial charge in [0.05, 0.1) is 22.8 Å². The van der Waals surface area contributed by atoms with E-state index in [0.717, 1.165) is 13.0 Å². The number of non-ortho nitro benzene ring substituents is 1. The molecule has 0 aliphatic rings. The number of nitrogens with zero attached hydrogens (tertiary/aromatic N) is 2. The fourth-order valence-corrected chi connectivity index (χ4v) is 2.59. The van der Waals surface area contributed by atoms with E-state index < -0.39 is 10.5 Å². The summed E-state index contributed by atoms with van der Waals surface area (Å²) in [6.07, 6.45) is 0.949. The Morgan fingerprint density at radius 3 is 2.48 bits per heavy atom. The van der Waals surface area contributed by atoms with Gasteiger partial charge >= 0.3 is 0 Å². The number of nitrogens with one attached hydrogen (secondary N) is 1. The molecular weight excluding hydrogens is 324 g/mol. The first-order chi connectivity index (χ1) is 11.9. The van der Waals surface area contributed by atoms with Gasteiger partial charge in [0.15, 0.2) is 0 Å². The molecule has 8 heteroatoms. The molecule has 3 N–H and O–H groups in total. The van der Waals surface area contributed by atoms with Crippen molar-refractivity contribution in [2.24, 2.45) is 0 Å². The smallest absolute Gasteiger partial charge is 0.282 e. The summed E-state index contributed by atoms with van der Waals surface area (Å²) < 4.78 is 1.27. The predicted molar refractivity (Wildman–Crippen MR) is 93.4 cm³/mol. The number of aromatic nitrogens is 2. The monoisotopic (exact) mass is 347 g/mol. The summed E-state index contributed by atoms with van der Waals surface area (Å²) in [7, 11) is 0. The van der Waals surface area contributed by atoms with E-state index in [2.05, 4.69) is 5.10 Å². The van der Waals surface area contributed by atoms with Gasteiger partial charge in [-0.3, -0.25) is 24.8 Å². The van der Waals surface area contributed by atoms with Crippen molar-refractivity contribution in [3.63, 3.8) is 0 Å². The summed E-state index contributed by atoms with van der Waals surface area (Å²) in [4.78, 5) is 35.5. The maximum Gasteiger partial charge on any atom is 0.282 e. The number of hydrogen-bond donors (Lipinski definition) is 2. The second-order valence-electron chi connectivity index (χ2n) is 6.17. The molecule has 2 aromatic rings. The summed E-state index contributed by atoms with van der Waals surface area (Å²) in [5.74, 6) is -0.240. The summed E-state index contributed by atoms with van der Waals surface area (Å²) >= 11 is 0. The van der Waals surface area contributed by atoms with E-state index >= 15 is 0 Å². The van der Waals surface area contributed by atoms with E-state index in [0.29, 0.717) is 11.4 Å². The summed E-state index contributed by atoms with van der Waals surface area (Å²) in [5, 5.41) is 15.6. The van der Waals surface area contributed by atoms with Crippen LogP contribution in [0.3, 0.4) is 0 Å². The number of nitro benzene ring substituents is 1. The number of ketones is 1. The lowest BCUT2D eigenvalue weighted by molar-refractivity contribution is -0.642. The Hall–Kier alpha value is -2.74. The molecule has 8 nitrogen and oxygen atoms in total. The van der Waals surface area contributed by atoms with Crippen molar-refractivity contribution in [2.75, 3.05) is 13.1 Å². The van der Waals surface area contributed by atoms with Crippen LogP contribution in [0, 0.1) is 10.1 Å². The number of quaternary nitrogens is 1. The van der Waals surface area contributed by atoms with E-state index in [4.69, 9.17) is 0 Å². The van der Waals surface area contributed by atoms with Crippen LogP contribution in [0.25, 0.3) is 5.69 Å². The van der Waals surface area contributed by atoms with Gasteiger partial charge in [0.25, 0.3) is 11.2 Å². The molecule has 0 aliphatic heterocycles. The van der Waals surface area contributed by atoms with Gasteiger partial charge in [-0.2, -0.15) is 0 Å². The molecule has 0 amide bonds. The molecule has 0 bridgehead atoms.